The van der Waals surface area contributed by atoms with Gasteiger partial charge in [0.25, 0.3) is 0 Å². The molecule has 1 unspecified atom stereocenters. The van der Waals surface area contributed by atoms with Crippen LogP contribution in [0, 0.1) is 12.8 Å². The Balaban J connectivity index is 2.40. The predicted octanol–water partition coefficient (Wildman–Crippen LogP) is 3.63. The summed E-state index contributed by atoms with van der Waals surface area (Å²) in [6, 6.07) is 2.66. The first-order chi connectivity index (χ1) is 7.08. The fourth-order valence-electron chi connectivity index (χ4n) is 1.57. The molecule has 1 aromatic rings. The van der Waals surface area contributed by atoms with E-state index in [1.54, 1.807) is 0 Å². The van der Waals surface area contributed by atoms with Gasteiger partial charge in [-0.25, -0.2) is 0 Å². The number of pyridine rings is 1. The van der Waals surface area contributed by atoms with Crippen molar-refractivity contribution < 1.29 is 0 Å². The summed E-state index contributed by atoms with van der Waals surface area (Å²) in [4.78, 5) is 4.17. The van der Waals surface area contributed by atoms with Crippen LogP contribution in [0.3, 0.4) is 0 Å². The van der Waals surface area contributed by atoms with Crippen LogP contribution in [0.25, 0.3) is 0 Å². The number of aryl methyl sites for hydroxylation is 1. The second kappa shape index (κ2) is 5.74. The molecule has 0 bridgehead atoms. The molecule has 1 heterocycles. The molecule has 1 rings (SSSR count). The number of anilines is 1. The Kier molecular flexibility index (Phi) is 4.60. The SMILES string of the molecule is Cc1cncc(NC(C)CCC(C)C)c1. The van der Waals surface area contributed by atoms with Crippen molar-refractivity contribution in [3.63, 3.8) is 0 Å². The van der Waals surface area contributed by atoms with Crippen LogP contribution in [-0.2, 0) is 0 Å². The number of nitrogens with one attached hydrogen (secondary N) is 1. The average molecular weight is 206 g/mol. The molecule has 0 aliphatic rings. The maximum atomic E-state index is 4.17. The molecule has 2 nitrogen and oxygen atoms in total. The number of nitrogens with zero attached hydrogens (tertiary/aromatic N) is 1. The second-order valence-corrected chi connectivity index (χ2v) is 4.77. The Bertz CT molecular complexity index is 294. The standard InChI is InChI=1S/C13H22N2/c1-10(2)5-6-12(4)15-13-7-11(3)8-14-9-13/h7-10,12,15H,5-6H2,1-4H3. The molecule has 2 heteroatoms. The molecule has 1 aromatic heterocycles. The first kappa shape index (κ1) is 12.0. The highest BCUT2D eigenvalue weighted by Crippen LogP contribution is 2.13. The van der Waals surface area contributed by atoms with Crippen LogP contribution < -0.4 is 5.32 Å². The van der Waals surface area contributed by atoms with Gasteiger partial charge in [0.1, 0.15) is 0 Å². The molecule has 1 N–H and O–H groups in total. The smallest absolute Gasteiger partial charge is 0.0531 e. The third kappa shape index (κ3) is 4.82. The average Bonchev–Trinajstić information content (AvgIpc) is 2.15. The Morgan fingerprint density at radius 1 is 1.20 bits per heavy atom. The molecule has 0 saturated heterocycles. The van der Waals surface area contributed by atoms with E-state index < -0.39 is 0 Å². The Morgan fingerprint density at radius 2 is 1.93 bits per heavy atom. The van der Waals surface area contributed by atoms with Gasteiger partial charge in [-0.3, -0.25) is 4.98 Å². The van der Waals surface area contributed by atoms with Crippen LogP contribution >= 0.6 is 0 Å². The van der Waals surface area contributed by atoms with Gasteiger partial charge in [0.2, 0.25) is 0 Å². The summed E-state index contributed by atoms with van der Waals surface area (Å²) in [6.45, 7) is 8.82. The molecule has 0 saturated carbocycles. The minimum absolute atomic E-state index is 0.524. The minimum atomic E-state index is 0.524. The number of rotatable bonds is 5. The number of aromatic nitrogens is 1. The summed E-state index contributed by atoms with van der Waals surface area (Å²) < 4.78 is 0. The van der Waals surface area contributed by atoms with Crippen LogP contribution in [0.5, 0.6) is 0 Å². The molecular formula is C13H22N2. The molecule has 0 aromatic carbocycles. The second-order valence-electron chi connectivity index (χ2n) is 4.77. The van der Waals surface area contributed by atoms with Crippen molar-refractivity contribution in [1.29, 1.82) is 0 Å². The fourth-order valence-corrected chi connectivity index (χ4v) is 1.57. The molecule has 0 aliphatic heterocycles. The van der Waals surface area contributed by atoms with E-state index in [-0.39, 0.29) is 0 Å². The van der Waals surface area contributed by atoms with E-state index in [9.17, 15) is 0 Å². The lowest BCUT2D eigenvalue weighted by molar-refractivity contribution is 0.527. The maximum Gasteiger partial charge on any atom is 0.0531 e. The monoisotopic (exact) mass is 206 g/mol. The molecule has 0 amide bonds. The topological polar surface area (TPSA) is 24.9 Å². The van der Waals surface area contributed by atoms with Crippen molar-refractivity contribution in [1.82, 2.24) is 4.98 Å². The molecule has 15 heavy (non-hydrogen) atoms. The lowest BCUT2D eigenvalue weighted by Gasteiger charge is -2.16. The first-order valence-electron chi connectivity index (χ1n) is 5.76. The van der Waals surface area contributed by atoms with Crippen molar-refractivity contribution in [3.8, 4) is 0 Å². The van der Waals surface area contributed by atoms with E-state index in [4.69, 9.17) is 0 Å². The number of hydrogen-bond acceptors (Lipinski definition) is 2. The largest absolute Gasteiger partial charge is 0.381 e. The van der Waals surface area contributed by atoms with E-state index >= 15 is 0 Å². The van der Waals surface area contributed by atoms with Gasteiger partial charge >= 0.3 is 0 Å². The molecule has 84 valence electrons. The van der Waals surface area contributed by atoms with Crippen LogP contribution in [0.1, 0.15) is 39.2 Å². The third-order valence-electron chi connectivity index (χ3n) is 2.47. The zero-order valence-corrected chi connectivity index (χ0v) is 10.2. The highest BCUT2D eigenvalue weighted by atomic mass is 14.9. The summed E-state index contributed by atoms with van der Waals surface area (Å²) in [5.41, 5.74) is 2.34. The van der Waals surface area contributed by atoms with Crippen LogP contribution in [-0.4, -0.2) is 11.0 Å². The van der Waals surface area contributed by atoms with Gasteiger partial charge in [-0.05, 0) is 44.2 Å². The van der Waals surface area contributed by atoms with Crippen LogP contribution in [0.2, 0.25) is 0 Å². The molecule has 0 aliphatic carbocycles. The van der Waals surface area contributed by atoms with Crippen molar-refractivity contribution in [2.45, 2.75) is 46.6 Å². The predicted molar refractivity (Wildman–Crippen MR) is 66.1 cm³/mol. The fraction of sp³-hybridized carbons (Fsp3) is 0.615. The van der Waals surface area contributed by atoms with Crippen molar-refractivity contribution in [2.24, 2.45) is 5.92 Å². The molecule has 0 spiro atoms. The Morgan fingerprint density at radius 3 is 2.53 bits per heavy atom. The number of hydrogen-bond donors (Lipinski definition) is 1. The van der Waals surface area contributed by atoms with E-state index in [1.165, 1.54) is 18.4 Å². The van der Waals surface area contributed by atoms with Gasteiger partial charge in [0, 0.05) is 18.4 Å². The quantitative estimate of drug-likeness (QED) is 0.795. The summed E-state index contributed by atoms with van der Waals surface area (Å²) in [7, 11) is 0. The van der Waals surface area contributed by atoms with Gasteiger partial charge in [-0.15, -0.1) is 0 Å². The van der Waals surface area contributed by atoms with E-state index in [0.29, 0.717) is 6.04 Å². The van der Waals surface area contributed by atoms with Gasteiger partial charge in [0.05, 0.1) is 5.69 Å². The maximum absolute atomic E-state index is 4.17. The van der Waals surface area contributed by atoms with Gasteiger partial charge in [-0.2, -0.15) is 0 Å². The molecule has 0 fully saturated rings. The van der Waals surface area contributed by atoms with Gasteiger partial charge in [-0.1, -0.05) is 13.8 Å². The van der Waals surface area contributed by atoms with Crippen LogP contribution in [0.4, 0.5) is 5.69 Å². The van der Waals surface area contributed by atoms with Crippen molar-refractivity contribution in [2.75, 3.05) is 5.32 Å². The normalized spacial score (nSPS) is 12.9. The van der Waals surface area contributed by atoms with E-state index in [1.807, 2.05) is 12.4 Å². The zero-order chi connectivity index (χ0) is 11.3. The van der Waals surface area contributed by atoms with E-state index in [2.05, 4.69) is 44.1 Å². The highest BCUT2D eigenvalue weighted by molar-refractivity contribution is 5.43. The summed E-state index contributed by atoms with van der Waals surface area (Å²) >= 11 is 0. The summed E-state index contributed by atoms with van der Waals surface area (Å²) in [5, 5.41) is 3.48. The zero-order valence-electron chi connectivity index (χ0n) is 10.2. The lowest BCUT2D eigenvalue weighted by Crippen LogP contribution is -2.15. The van der Waals surface area contributed by atoms with Gasteiger partial charge < -0.3 is 5.32 Å². The van der Waals surface area contributed by atoms with E-state index in [0.717, 1.165) is 11.6 Å². The summed E-state index contributed by atoms with van der Waals surface area (Å²) in [5.74, 6) is 0.782. The van der Waals surface area contributed by atoms with Crippen molar-refractivity contribution >= 4 is 5.69 Å². The molecular weight excluding hydrogens is 184 g/mol. The molecule has 0 radical (unpaired) electrons. The third-order valence-corrected chi connectivity index (χ3v) is 2.47. The Labute approximate surface area is 93.1 Å². The van der Waals surface area contributed by atoms with Crippen molar-refractivity contribution in [3.05, 3.63) is 24.0 Å². The molecule has 1 atom stereocenters. The minimum Gasteiger partial charge on any atom is -0.381 e. The highest BCUT2D eigenvalue weighted by Gasteiger charge is 2.03. The Hall–Kier alpha value is -1.05. The summed E-state index contributed by atoms with van der Waals surface area (Å²) in [6.07, 6.45) is 6.25. The first-order valence-corrected chi connectivity index (χ1v) is 5.76. The van der Waals surface area contributed by atoms with Gasteiger partial charge in [0.15, 0.2) is 0 Å². The van der Waals surface area contributed by atoms with Crippen LogP contribution in [0.15, 0.2) is 18.5 Å². The lowest BCUT2D eigenvalue weighted by atomic mass is 10.0.